The minimum Gasteiger partial charge on any atom is -0.481 e. The van der Waals surface area contributed by atoms with E-state index in [1.54, 1.807) is 19.0 Å². The lowest BCUT2D eigenvalue weighted by Gasteiger charge is -2.32. The molecule has 0 saturated carbocycles. The molecule has 272 valence electrons. The number of hydrogen-bond donors (Lipinski definition) is 4. The number of nitrogens with zero attached hydrogens (tertiary/aromatic N) is 3. The number of amides is 1. The van der Waals surface area contributed by atoms with Gasteiger partial charge < -0.3 is 25.1 Å². The molecule has 0 fully saturated rings. The highest BCUT2D eigenvalue weighted by molar-refractivity contribution is 5.85. The highest BCUT2D eigenvalue weighted by atomic mass is 16.4. The Bertz CT molecular complexity index is 2020. The van der Waals surface area contributed by atoms with Crippen molar-refractivity contribution < 1.29 is 24.6 Å². The number of unbranched alkanes of at least 4 members (excludes halogenated alkanes) is 4. The van der Waals surface area contributed by atoms with Gasteiger partial charge in [-0.2, -0.15) is 0 Å². The van der Waals surface area contributed by atoms with Crippen molar-refractivity contribution in [1.82, 2.24) is 24.8 Å². The number of carbonyl (C=O) groups is 3. The zero-order valence-electron chi connectivity index (χ0n) is 31.2. The lowest BCUT2D eigenvalue weighted by Crippen LogP contribution is -2.34. The van der Waals surface area contributed by atoms with E-state index in [0.29, 0.717) is 19.3 Å². The van der Waals surface area contributed by atoms with Crippen LogP contribution < -0.4 is 0 Å². The van der Waals surface area contributed by atoms with Crippen molar-refractivity contribution in [2.75, 3.05) is 14.1 Å². The first kappa shape index (κ1) is 37.5. The number of carbonyl (C=O) groups excluding carboxylic acids is 1. The molecule has 4 N–H and O–H groups in total. The van der Waals surface area contributed by atoms with Gasteiger partial charge in [0.2, 0.25) is 5.91 Å². The van der Waals surface area contributed by atoms with Crippen LogP contribution in [0.4, 0.5) is 0 Å². The first-order chi connectivity index (χ1) is 24.2. The lowest BCUT2D eigenvalue weighted by molar-refractivity contribution is -0.138. The van der Waals surface area contributed by atoms with Crippen LogP contribution in [0.5, 0.6) is 0 Å². The summed E-state index contributed by atoms with van der Waals surface area (Å²) in [5, 5.41) is 19.2. The highest BCUT2D eigenvalue weighted by Crippen LogP contribution is 2.48. The minimum absolute atomic E-state index is 0.00847. The second kappa shape index (κ2) is 15.7. The Hall–Kier alpha value is -4.73. The number of aromatic nitrogens is 4. The van der Waals surface area contributed by atoms with Gasteiger partial charge in [-0.25, -0.2) is 4.98 Å². The number of carboxylic acids is 2. The van der Waals surface area contributed by atoms with Gasteiger partial charge >= 0.3 is 11.9 Å². The van der Waals surface area contributed by atoms with Gasteiger partial charge in [-0.1, -0.05) is 46.0 Å². The van der Waals surface area contributed by atoms with E-state index in [-0.39, 0.29) is 24.7 Å². The maximum atomic E-state index is 13.5. The zero-order chi connectivity index (χ0) is 37.0. The molecule has 51 heavy (non-hydrogen) atoms. The average molecular weight is 696 g/mol. The van der Waals surface area contributed by atoms with Gasteiger partial charge in [0.1, 0.15) is 0 Å². The molecule has 0 aromatic carbocycles. The molecular formula is C41H53N5O5. The third-order valence-electron chi connectivity index (χ3n) is 10.8. The molecule has 0 aliphatic carbocycles. The van der Waals surface area contributed by atoms with E-state index in [1.165, 1.54) is 19.3 Å². The summed E-state index contributed by atoms with van der Waals surface area (Å²) in [4.78, 5) is 56.1. The molecular weight excluding hydrogens is 642 g/mol. The Morgan fingerprint density at radius 3 is 1.96 bits per heavy atom. The third-order valence-corrected chi connectivity index (χ3v) is 10.8. The molecule has 2 aliphatic rings. The zero-order valence-corrected chi connectivity index (χ0v) is 31.2. The number of rotatable bonds is 14. The van der Waals surface area contributed by atoms with Gasteiger partial charge in [-0.15, -0.1) is 0 Å². The molecule has 3 aromatic heterocycles. The fourth-order valence-electron chi connectivity index (χ4n) is 7.63. The van der Waals surface area contributed by atoms with Crippen molar-refractivity contribution in [2.45, 2.75) is 117 Å². The van der Waals surface area contributed by atoms with Crippen LogP contribution in [0.15, 0.2) is 24.3 Å². The summed E-state index contributed by atoms with van der Waals surface area (Å²) >= 11 is 0. The van der Waals surface area contributed by atoms with E-state index in [9.17, 15) is 24.6 Å². The predicted molar refractivity (Wildman–Crippen MR) is 203 cm³/mol. The number of aryl methyl sites for hydroxylation is 4. The maximum absolute atomic E-state index is 13.5. The SMILES string of the molecule is CCCCCCC[C@@H]1c2cc3nc(cc4[nH]c(cc5[nH]c(cc(n2)[C@@]1(C)CC(=O)N(C)C)c(C)c5CCC(=O)O)c(CCC(=O)O)c4C)C=C3C. The largest absolute Gasteiger partial charge is 0.481 e. The fraction of sp³-hybridized carbons (Fsp3) is 0.488. The highest BCUT2D eigenvalue weighted by Gasteiger charge is 2.44. The summed E-state index contributed by atoms with van der Waals surface area (Å²) in [5.41, 5.74) is 10.6. The molecule has 0 spiro atoms. The number of aliphatic carboxylic acids is 2. The van der Waals surface area contributed by atoms with E-state index < -0.39 is 17.4 Å². The van der Waals surface area contributed by atoms with Crippen molar-refractivity contribution in [3.63, 3.8) is 0 Å². The number of hydrogen-bond acceptors (Lipinski definition) is 5. The first-order valence-corrected chi connectivity index (χ1v) is 18.3. The summed E-state index contributed by atoms with van der Waals surface area (Å²) < 4.78 is 0. The van der Waals surface area contributed by atoms with E-state index in [1.807, 2.05) is 32.9 Å². The molecule has 10 heteroatoms. The van der Waals surface area contributed by atoms with Crippen LogP contribution in [0.1, 0.15) is 130 Å². The second-order valence-corrected chi connectivity index (χ2v) is 14.8. The normalized spacial score (nSPS) is 17.0. The van der Waals surface area contributed by atoms with Gasteiger partial charge in [-0.3, -0.25) is 19.4 Å². The van der Waals surface area contributed by atoms with E-state index >= 15 is 0 Å². The van der Waals surface area contributed by atoms with Crippen LogP contribution in [0.2, 0.25) is 0 Å². The topological polar surface area (TPSA) is 152 Å². The van der Waals surface area contributed by atoms with Gasteiger partial charge in [0.15, 0.2) is 0 Å². The molecule has 1 amide bonds. The van der Waals surface area contributed by atoms with Crippen molar-refractivity contribution in [2.24, 2.45) is 0 Å². The van der Waals surface area contributed by atoms with E-state index in [0.717, 1.165) is 91.9 Å². The summed E-state index contributed by atoms with van der Waals surface area (Å²) in [5.74, 6) is -1.74. The average Bonchev–Trinajstić information content (AvgIpc) is 3.72. The lowest BCUT2D eigenvalue weighted by atomic mass is 9.70. The van der Waals surface area contributed by atoms with Crippen LogP contribution in [0.3, 0.4) is 0 Å². The van der Waals surface area contributed by atoms with Crippen molar-refractivity contribution in [1.29, 1.82) is 0 Å². The number of allylic oxidation sites excluding steroid dienone is 1. The molecule has 0 unspecified atom stereocenters. The summed E-state index contributed by atoms with van der Waals surface area (Å²) in [6.45, 7) is 10.4. The molecule has 3 aromatic rings. The molecule has 5 heterocycles. The Morgan fingerprint density at radius 2 is 1.39 bits per heavy atom. The van der Waals surface area contributed by atoms with Crippen LogP contribution in [-0.4, -0.2) is 67.0 Å². The van der Waals surface area contributed by atoms with E-state index in [2.05, 4.69) is 42.0 Å². The number of H-pyrrole nitrogens is 2. The second-order valence-electron chi connectivity index (χ2n) is 14.8. The van der Waals surface area contributed by atoms with Crippen LogP contribution in [-0.2, 0) is 32.6 Å². The predicted octanol–water partition coefficient (Wildman–Crippen LogP) is 8.41. The first-order valence-electron chi connectivity index (χ1n) is 18.3. The van der Waals surface area contributed by atoms with E-state index in [4.69, 9.17) is 9.97 Å². The maximum Gasteiger partial charge on any atom is 0.303 e. The molecule has 0 radical (unpaired) electrons. The Morgan fingerprint density at radius 1 is 0.804 bits per heavy atom. The fourth-order valence-corrected chi connectivity index (χ4v) is 7.63. The van der Waals surface area contributed by atoms with Crippen LogP contribution in [0.25, 0.3) is 33.7 Å². The quantitative estimate of drug-likeness (QED) is 0.124. The number of nitrogens with one attached hydrogen (secondary N) is 2. The summed E-state index contributed by atoms with van der Waals surface area (Å²) in [7, 11) is 3.58. The van der Waals surface area contributed by atoms with Gasteiger partial charge in [0.05, 0.1) is 11.4 Å². The smallest absolute Gasteiger partial charge is 0.303 e. The molecule has 0 saturated heterocycles. The summed E-state index contributed by atoms with van der Waals surface area (Å²) in [6, 6.07) is 8.12. The van der Waals surface area contributed by atoms with Gasteiger partial charge in [-0.05, 0) is 98.2 Å². The van der Waals surface area contributed by atoms with Crippen molar-refractivity contribution in [3.8, 4) is 0 Å². The monoisotopic (exact) mass is 695 g/mol. The molecule has 2 aliphatic heterocycles. The number of aromatic amines is 2. The summed E-state index contributed by atoms with van der Waals surface area (Å²) in [6.07, 6.45) is 9.51. The Kier molecular flexibility index (Phi) is 11.5. The molecule has 10 nitrogen and oxygen atoms in total. The van der Waals surface area contributed by atoms with Gasteiger partial charge in [0.25, 0.3) is 0 Å². The van der Waals surface area contributed by atoms with Crippen LogP contribution >= 0.6 is 0 Å². The molecule has 5 rings (SSSR count). The minimum atomic E-state index is -0.886. The molecule has 2 atom stereocenters. The number of fused-ring (bicyclic) bond motifs is 8. The van der Waals surface area contributed by atoms with Crippen molar-refractivity contribution >= 4 is 51.6 Å². The molecule has 8 bridgehead atoms. The van der Waals surface area contributed by atoms with Crippen LogP contribution in [0, 0.1) is 13.8 Å². The number of carboxylic acid groups (broad SMARTS) is 2. The third kappa shape index (κ3) is 8.26. The van der Waals surface area contributed by atoms with Crippen molar-refractivity contribution in [3.05, 3.63) is 69.3 Å². The van der Waals surface area contributed by atoms with Gasteiger partial charge in [0, 0.05) is 78.1 Å². The Balaban J connectivity index is 1.85. The Labute approximate surface area is 300 Å². The standard InChI is InChI=1S/C41H53N5O5/c1-8-9-10-11-12-13-30-36-20-31-24(2)18-27(42-31)19-32-25(3)28(14-16-39(48)49)34(43-32)21-35-29(15-17-40(50)51)26(4)33(44-35)22-37(45-36)41(30,5)23-38(47)46(6)7/h18-22,30,43-44H,8-17,23H2,1-7H3,(H,48,49)(H,50,51)/t30-,41+/m1/s1.